The first-order valence-electron chi connectivity index (χ1n) is 10.2. The molecular weight excluding hydrogens is 433 g/mol. The molecule has 2 heterocycles. The second-order valence-corrected chi connectivity index (χ2v) is 8.13. The molecule has 1 N–H and O–H groups in total. The standard InChI is InChI=1S/C25H19ClFNO4/c1-30-16-7-5-15(6-8-16)18-11-24(29)32-25-17(18)9-10-23-20(25)13-28(14-31-23)12-19-21(26)3-2-4-22(19)27/h2-11H,12-14H2,1H3/p+1. The molecule has 1 aliphatic rings. The van der Waals surface area contributed by atoms with Crippen LogP contribution in [0.4, 0.5) is 4.39 Å². The van der Waals surface area contributed by atoms with Crippen molar-refractivity contribution in [2.75, 3.05) is 13.8 Å². The Morgan fingerprint density at radius 2 is 1.94 bits per heavy atom. The summed E-state index contributed by atoms with van der Waals surface area (Å²) in [5.74, 6) is 1.05. The molecule has 0 bridgehead atoms. The summed E-state index contributed by atoms with van der Waals surface area (Å²) >= 11 is 6.21. The van der Waals surface area contributed by atoms with Crippen LogP contribution in [0.3, 0.4) is 0 Å². The Bertz CT molecular complexity index is 1350. The summed E-state index contributed by atoms with van der Waals surface area (Å²) in [6.07, 6.45) is 0. The lowest BCUT2D eigenvalue weighted by Gasteiger charge is -2.27. The van der Waals surface area contributed by atoms with Crippen LogP contribution in [0, 0.1) is 5.82 Å². The Hall–Kier alpha value is -3.35. The smallest absolute Gasteiger partial charge is 0.336 e. The third-order valence-corrected chi connectivity index (χ3v) is 6.07. The van der Waals surface area contributed by atoms with Gasteiger partial charge in [-0.25, -0.2) is 9.18 Å². The number of rotatable bonds is 4. The van der Waals surface area contributed by atoms with Crippen molar-refractivity contribution in [3.8, 4) is 22.6 Å². The van der Waals surface area contributed by atoms with Crippen LogP contribution in [0.2, 0.25) is 5.02 Å². The van der Waals surface area contributed by atoms with Crippen LogP contribution in [0.25, 0.3) is 22.1 Å². The van der Waals surface area contributed by atoms with Gasteiger partial charge < -0.3 is 13.9 Å². The zero-order valence-corrected chi connectivity index (χ0v) is 18.0. The van der Waals surface area contributed by atoms with Gasteiger partial charge in [0.15, 0.2) is 5.58 Å². The van der Waals surface area contributed by atoms with Crippen molar-refractivity contribution in [2.45, 2.75) is 13.1 Å². The molecule has 1 aromatic heterocycles. The molecule has 1 aliphatic heterocycles. The fourth-order valence-corrected chi connectivity index (χ4v) is 4.35. The summed E-state index contributed by atoms with van der Waals surface area (Å²) in [6.45, 7) is 1.21. The predicted octanol–water partition coefficient (Wildman–Crippen LogP) is 4.20. The lowest BCUT2D eigenvalue weighted by atomic mass is 9.99. The highest BCUT2D eigenvalue weighted by Crippen LogP contribution is 2.34. The molecule has 5 rings (SSSR count). The first kappa shape index (κ1) is 20.5. The molecule has 7 heteroatoms. The summed E-state index contributed by atoms with van der Waals surface area (Å²) < 4.78 is 31.1. The summed E-state index contributed by atoms with van der Waals surface area (Å²) in [6, 6.07) is 17.4. The van der Waals surface area contributed by atoms with Crippen molar-refractivity contribution in [3.63, 3.8) is 0 Å². The highest BCUT2D eigenvalue weighted by atomic mass is 35.5. The van der Waals surface area contributed by atoms with Crippen LogP contribution in [0.5, 0.6) is 11.5 Å². The molecule has 32 heavy (non-hydrogen) atoms. The Morgan fingerprint density at radius 3 is 2.69 bits per heavy atom. The van der Waals surface area contributed by atoms with Gasteiger partial charge in [-0.2, -0.15) is 0 Å². The minimum Gasteiger partial charge on any atom is -0.497 e. The minimum absolute atomic E-state index is 0.345. The average Bonchev–Trinajstić information content (AvgIpc) is 2.81. The SMILES string of the molecule is COc1ccc(-c2cc(=O)oc3c4c(ccc23)OC[NH+](Cc2c(F)cccc2Cl)C4)cc1. The number of methoxy groups -OCH3 is 1. The number of fused-ring (bicyclic) bond motifs is 3. The van der Waals surface area contributed by atoms with Crippen LogP contribution in [-0.2, 0) is 13.1 Å². The largest absolute Gasteiger partial charge is 0.497 e. The lowest BCUT2D eigenvalue weighted by molar-refractivity contribution is -0.945. The van der Waals surface area contributed by atoms with Crippen molar-refractivity contribution >= 4 is 22.6 Å². The van der Waals surface area contributed by atoms with Crippen molar-refractivity contribution in [2.24, 2.45) is 0 Å². The normalized spacial score (nSPS) is 15.3. The van der Waals surface area contributed by atoms with Gasteiger partial charge in [0.2, 0.25) is 6.73 Å². The summed E-state index contributed by atoms with van der Waals surface area (Å²) in [4.78, 5) is 13.4. The maximum Gasteiger partial charge on any atom is 0.336 e. The van der Waals surface area contributed by atoms with Gasteiger partial charge in [-0.05, 0) is 47.5 Å². The van der Waals surface area contributed by atoms with E-state index in [1.54, 1.807) is 19.2 Å². The number of halogens is 2. The molecule has 4 aromatic rings. The van der Waals surface area contributed by atoms with E-state index in [4.69, 9.17) is 25.5 Å². The van der Waals surface area contributed by atoms with Crippen LogP contribution >= 0.6 is 11.6 Å². The Balaban J connectivity index is 1.56. The summed E-state index contributed by atoms with van der Waals surface area (Å²) in [5, 5.41) is 1.19. The minimum atomic E-state index is -0.444. The van der Waals surface area contributed by atoms with Crippen LogP contribution in [0.15, 0.2) is 69.9 Å². The molecule has 1 unspecified atom stereocenters. The van der Waals surface area contributed by atoms with E-state index in [1.807, 2.05) is 36.4 Å². The molecular formula is C25H20ClFNO4+. The van der Waals surface area contributed by atoms with E-state index in [2.05, 4.69) is 0 Å². The number of hydrogen-bond donors (Lipinski definition) is 1. The highest BCUT2D eigenvalue weighted by Gasteiger charge is 2.27. The highest BCUT2D eigenvalue weighted by molar-refractivity contribution is 6.31. The van der Waals surface area contributed by atoms with Crippen LogP contribution in [-0.4, -0.2) is 13.8 Å². The Morgan fingerprint density at radius 1 is 1.12 bits per heavy atom. The molecule has 0 aliphatic carbocycles. The van der Waals surface area contributed by atoms with Gasteiger partial charge in [0.05, 0.1) is 23.3 Å². The van der Waals surface area contributed by atoms with Gasteiger partial charge in [-0.15, -0.1) is 0 Å². The topological polar surface area (TPSA) is 53.1 Å². The van der Waals surface area contributed by atoms with Crippen molar-refractivity contribution < 1.29 is 23.2 Å². The number of ether oxygens (including phenoxy) is 2. The zero-order chi connectivity index (χ0) is 22.2. The van der Waals surface area contributed by atoms with Gasteiger partial charge in [-0.1, -0.05) is 29.8 Å². The number of hydrogen-bond acceptors (Lipinski definition) is 4. The van der Waals surface area contributed by atoms with E-state index in [-0.39, 0.29) is 5.82 Å². The lowest BCUT2D eigenvalue weighted by Crippen LogP contribution is -3.11. The third kappa shape index (κ3) is 3.72. The monoisotopic (exact) mass is 452 g/mol. The second-order valence-electron chi connectivity index (χ2n) is 7.72. The molecule has 3 aromatic carbocycles. The van der Waals surface area contributed by atoms with E-state index in [9.17, 15) is 9.18 Å². The first-order valence-corrected chi connectivity index (χ1v) is 10.5. The van der Waals surface area contributed by atoms with Crippen molar-refractivity contribution in [1.82, 2.24) is 0 Å². The zero-order valence-electron chi connectivity index (χ0n) is 17.3. The average molecular weight is 453 g/mol. The molecule has 0 saturated heterocycles. The van der Waals surface area contributed by atoms with Gasteiger partial charge in [0.25, 0.3) is 0 Å². The maximum absolute atomic E-state index is 14.3. The quantitative estimate of drug-likeness (QED) is 0.472. The van der Waals surface area contributed by atoms with Crippen molar-refractivity contribution in [3.05, 3.63) is 93.1 Å². The summed E-state index contributed by atoms with van der Waals surface area (Å²) in [5.41, 5.74) is 2.91. The Labute approximate surface area is 188 Å². The fraction of sp³-hybridized carbons (Fsp3) is 0.160. The van der Waals surface area contributed by atoms with Gasteiger partial charge in [0, 0.05) is 11.5 Å². The van der Waals surface area contributed by atoms with Crippen molar-refractivity contribution in [1.29, 1.82) is 0 Å². The maximum atomic E-state index is 14.3. The van der Waals surface area contributed by atoms with E-state index < -0.39 is 5.63 Å². The molecule has 0 spiro atoms. The third-order valence-electron chi connectivity index (χ3n) is 5.72. The van der Waals surface area contributed by atoms with E-state index >= 15 is 0 Å². The summed E-state index contributed by atoms with van der Waals surface area (Å²) in [7, 11) is 1.61. The van der Waals surface area contributed by atoms with E-state index in [1.165, 1.54) is 12.1 Å². The van der Waals surface area contributed by atoms with E-state index in [0.29, 0.717) is 41.7 Å². The predicted molar refractivity (Wildman–Crippen MR) is 120 cm³/mol. The van der Waals surface area contributed by atoms with Gasteiger partial charge in [0.1, 0.15) is 30.4 Å². The molecule has 0 saturated carbocycles. The first-order chi connectivity index (χ1) is 15.5. The molecule has 1 atom stereocenters. The van der Waals surface area contributed by atoms with Gasteiger partial charge in [-0.3, -0.25) is 4.90 Å². The van der Waals surface area contributed by atoms with E-state index in [0.717, 1.165) is 32.7 Å². The molecule has 5 nitrogen and oxygen atoms in total. The molecule has 0 fully saturated rings. The molecule has 0 amide bonds. The Kier molecular flexibility index (Phi) is 5.33. The fourth-order valence-electron chi connectivity index (χ4n) is 4.12. The second kappa shape index (κ2) is 8.30. The molecule has 162 valence electrons. The number of benzene rings is 3. The van der Waals surface area contributed by atoms with Crippen LogP contribution in [0.1, 0.15) is 11.1 Å². The van der Waals surface area contributed by atoms with Gasteiger partial charge >= 0.3 is 5.63 Å². The number of nitrogens with one attached hydrogen (secondary N) is 1. The molecule has 0 radical (unpaired) electrons. The van der Waals surface area contributed by atoms with Crippen LogP contribution < -0.4 is 20.0 Å². The number of quaternary nitrogens is 1.